The standard InChI is InChI=1S/C23H25FN2O3/c1-16-7-8-18(11-17(16)2)22(28)25-10-4-9-23(14-25)15-26(21(27)13-29-23)20-6-3-5-19(24)12-20/h3,5-8,11-12H,4,9-10,13-15H2,1-2H3. The van der Waals surface area contributed by atoms with Crippen LogP contribution in [0, 0.1) is 19.7 Å². The van der Waals surface area contributed by atoms with Gasteiger partial charge in [0.05, 0.1) is 13.1 Å². The number of morpholine rings is 1. The number of likely N-dealkylation sites (tertiary alicyclic amines) is 1. The van der Waals surface area contributed by atoms with Crippen molar-refractivity contribution in [3.8, 4) is 0 Å². The predicted molar refractivity (Wildman–Crippen MR) is 108 cm³/mol. The summed E-state index contributed by atoms with van der Waals surface area (Å²) >= 11 is 0. The molecule has 2 aliphatic heterocycles. The molecule has 2 amide bonds. The molecule has 1 atom stereocenters. The minimum atomic E-state index is -0.631. The minimum Gasteiger partial charge on any atom is -0.361 e. The molecule has 29 heavy (non-hydrogen) atoms. The highest BCUT2D eigenvalue weighted by atomic mass is 19.1. The Bertz CT molecular complexity index is 961. The third-order valence-electron chi connectivity index (χ3n) is 5.95. The highest BCUT2D eigenvalue weighted by Gasteiger charge is 2.44. The molecule has 4 rings (SSSR count). The monoisotopic (exact) mass is 396 g/mol. The number of carbonyl (C=O) groups excluding carboxylic acids is 2. The lowest BCUT2D eigenvalue weighted by atomic mass is 9.89. The molecule has 5 nitrogen and oxygen atoms in total. The molecule has 2 aromatic carbocycles. The zero-order chi connectivity index (χ0) is 20.6. The maximum absolute atomic E-state index is 13.7. The van der Waals surface area contributed by atoms with Crippen molar-refractivity contribution in [1.29, 1.82) is 0 Å². The smallest absolute Gasteiger partial charge is 0.253 e. The normalized spacial score (nSPS) is 22.2. The first-order chi connectivity index (χ1) is 13.9. The average molecular weight is 396 g/mol. The second-order valence-electron chi connectivity index (χ2n) is 8.06. The quantitative estimate of drug-likeness (QED) is 0.781. The largest absolute Gasteiger partial charge is 0.361 e. The van der Waals surface area contributed by atoms with Gasteiger partial charge in [-0.3, -0.25) is 9.59 Å². The van der Waals surface area contributed by atoms with Gasteiger partial charge in [-0.1, -0.05) is 12.1 Å². The first-order valence-electron chi connectivity index (χ1n) is 9.93. The number of carbonyl (C=O) groups is 2. The summed E-state index contributed by atoms with van der Waals surface area (Å²) in [7, 11) is 0. The molecule has 1 unspecified atom stereocenters. The molecule has 0 aromatic heterocycles. The molecule has 0 N–H and O–H groups in total. The first-order valence-corrected chi connectivity index (χ1v) is 9.93. The van der Waals surface area contributed by atoms with Gasteiger partial charge >= 0.3 is 0 Å². The molecule has 2 heterocycles. The highest BCUT2D eigenvalue weighted by molar-refractivity contribution is 5.96. The minimum absolute atomic E-state index is 0.0232. The molecule has 0 radical (unpaired) electrons. The van der Waals surface area contributed by atoms with Gasteiger partial charge in [-0.2, -0.15) is 0 Å². The molecule has 1 spiro atoms. The fraction of sp³-hybridized carbons (Fsp3) is 0.391. The van der Waals surface area contributed by atoms with Crippen LogP contribution in [0.3, 0.4) is 0 Å². The second kappa shape index (κ2) is 7.59. The zero-order valence-corrected chi connectivity index (χ0v) is 16.8. The van der Waals surface area contributed by atoms with Gasteiger partial charge in [0.1, 0.15) is 18.0 Å². The first kappa shape index (κ1) is 19.6. The summed E-state index contributed by atoms with van der Waals surface area (Å²) in [5.74, 6) is -0.602. The number of hydrogen-bond donors (Lipinski definition) is 0. The van der Waals surface area contributed by atoms with E-state index in [9.17, 15) is 14.0 Å². The summed E-state index contributed by atoms with van der Waals surface area (Å²) < 4.78 is 19.7. The Hall–Kier alpha value is -2.73. The SMILES string of the molecule is Cc1ccc(C(=O)N2CCCC3(C2)CN(c2cccc(F)c2)C(=O)CO3)cc1C. The number of halogens is 1. The number of nitrogens with zero attached hydrogens (tertiary/aromatic N) is 2. The van der Waals surface area contributed by atoms with Crippen molar-refractivity contribution in [1.82, 2.24) is 4.90 Å². The summed E-state index contributed by atoms with van der Waals surface area (Å²) in [6.07, 6.45) is 1.55. The molecule has 0 aliphatic carbocycles. The van der Waals surface area contributed by atoms with Gasteiger partial charge < -0.3 is 14.5 Å². The van der Waals surface area contributed by atoms with Gasteiger partial charge in [-0.05, 0) is 68.1 Å². The molecule has 2 aromatic rings. The zero-order valence-electron chi connectivity index (χ0n) is 16.8. The number of benzene rings is 2. The van der Waals surface area contributed by atoms with Crippen LogP contribution in [-0.2, 0) is 9.53 Å². The Morgan fingerprint density at radius 2 is 1.93 bits per heavy atom. The van der Waals surface area contributed by atoms with Crippen LogP contribution in [0.25, 0.3) is 0 Å². The van der Waals surface area contributed by atoms with Crippen molar-refractivity contribution in [2.45, 2.75) is 32.3 Å². The van der Waals surface area contributed by atoms with Crippen LogP contribution in [0.5, 0.6) is 0 Å². The fourth-order valence-corrected chi connectivity index (χ4v) is 4.17. The van der Waals surface area contributed by atoms with Gasteiger partial charge in [0, 0.05) is 17.8 Å². The van der Waals surface area contributed by atoms with Crippen LogP contribution < -0.4 is 4.90 Å². The number of rotatable bonds is 2. The lowest BCUT2D eigenvalue weighted by Crippen LogP contribution is -2.62. The highest BCUT2D eigenvalue weighted by Crippen LogP contribution is 2.32. The Morgan fingerprint density at radius 3 is 2.69 bits per heavy atom. The van der Waals surface area contributed by atoms with Crippen LogP contribution in [0.4, 0.5) is 10.1 Å². The van der Waals surface area contributed by atoms with Crippen molar-refractivity contribution in [2.75, 3.05) is 31.1 Å². The van der Waals surface area contributed by atoms with Gasteiger partial charge in [-0.25, -0.2) is 4.39 Å². The van der Waals surface area contributed by atoms with E-state index in [1.54, 1.807) is 17.0 Å². The van der Waals surface area contributed by atoms with E-state index in [4.69, 9.17) is 4.74 Å². The predicted octanol–water partition coefficient (Wildman–Crippen LogP) is 3.48. The van der Waals surface area contributed by atoms with Crippen LogP contribution in [0.15, 0.2) is 42.5 Å². The van der Waals surface area contributed by atoms with Gasteiger partial charge in [0.15, 0.2) is 0 Å². The number of amides is 2. The molecule has 0 bridgehead atoms. The summed E-state index contributed by atoms with van der Waals surface area (Å²) in [5.41, 5.74) is 2.79. The van der Waals surface area contributed by atoms with Gasteiger partial charge in [0.2, 0.25) is 0 Å². The summed E-state index contributed by atoms with van der Waals surface area (Å²) in [5, 5.41) is 0. The van der Waals surface area contributed by atoms with E-state index >= 15 is 0 Å². The maximum Gasteiger partial charge on any atom is 0.253 e. The Labute approximate surface area is 170 Å². The van der Waals surface area contributed by atoms with E-state index in [0.717, 1.165) is 24.0 Å². The van der Waals surface area contributed by atoms with E-state index in [2.05, 4.69) is 0 Å². The van der Waals surface area contributed by atoms with Crippen LogP contribution in [-0.4, -0.2) is 48.6 Å². The van der Waals surface area contributed by atoms with E-state index in [0.29, 0.717) is 30.9 Å². The topological polar surface area (TPSA) is 49.9 Å². The molecular formula is C23H25FN2O3. The number of anilines is 1. The number of piperidine rings is 1. The van der Waals surface area contributed by atoms with Crippen LogP contribution in [0.1, 0.15) is 34.3 Å². The molecule has 6 heteroatoms. The fourth-order valence-electron chi connectivity index (χ4n) is 4.17. The number of hydrogen-bond acceptors (Lipinski definition) is 3. The summed E-state index contributed by atoms with van der Waals surface area (Å²) in [6, 6.07) is 11.8. The van der Waals surface area contributed by atoms with Crippen molar-refractivity contribution >= 4 is 17.5 Å². The number of aryl methyl sites for hydroxylation is 2. The van der Waals surface area contributed by atoms with Crippen LogP contribution >= 0.6 is 0 Å². The van der Waals surface area contributed by atoms with Crippen molar-refractivity contribution in [3.05, 3.63) is 65.0 Å². The molecule has 0 saturated carbocycles. The van der Waals surface area contributed by atoms with Crippen molar-refractivity contribution in [2.24, 2.45) is 0 Å². The molecule has 152 valence electrons. The third-order valence-corrected chi connectivity index (χ3v) is 5.95. The Kier molecular flexibility index (Phi) is 5.13. The molecule has 2 saturated heterocycles. The summed E-state index contributed by atoms with van der Waals surface area (Å²) in [6.45, 7) is 5.33. The van der Waals surface area contributed by atoms with Crippen LogP contribution in [0.2, 0.25) is 0 Å². The van der Waals surface area contributed by atoms with Gasteiger partial charge in [-0.15, -0.1) is 0 Å². The molecule has 2 fully saturated rings. The van der Waals surface area contributed by atoms with E-state index in [1.807, 2.05) is 36.9 Å². The lowest BCUT2D eigenvalue weighted by Gasteiger charge is -2.47. The van der Waals surface area contributed by atoms with Crippen molar-refractivity contribution < 1.29 is 18.7 Å². The molecule has 2 aliphatic rings. The lowest BCUT2D eigenvalue weighted by molar-refractivity contribution is -0.144. The second-order valence-corrected chi connectivity index (χ2v) is 8.06. The van der Waals surface area contributed by atoms with E-state index in [1.165, 1.54) is 12.1 Å². The summed E-state index contributed by atoms with van der Waals surface area (Å²) in [4.78, 5) is 28.9. The Balaban J connectivity index is 1.55. The van der Waals surface area contributed by atoms with E-state index in [-0.39, 0.29) is 24.2 Å². The van der Waals surface area contributed by atoms with E-state index < -0.39 is 5.60 Å². The average Bonchev–Trinajstić information content (AvgIpc) is 2.72. The maximum atomic E-state index is 13.7. The molecular weight excluding hydrogens is 371 g/mol. The number of ether oxygens (including phenoxy) is 1. The van der Waals surface area contributed by atoms with Crippen molar-refractivity contribution in [3.63, 3.8) is 0 Å². The Morgan fingerprint density at radius 1 is 1.10 bits per heavy atom. The third kappa shape index (κ3) is 3.90. The van der Waals surface area contributed by atoms with Gasteiger partial charge in [0.25, 0.3) is 11.8 Å².